The number of amides is 1. The van der Waals surface area contributed by atoms with Crippen molar-refractivity contribution < 1.29 is 4.79 Å². The zero-order valence-corrected chi connectivity index (χ0v) is 13.6. The summed E-state index contributed by atoms with van der Waals surface area (Å²) in [6.07, 6.45) is 0. The average molecular weight is 315 g/mol. The summed E-state index contributed by atoms with van der Waals surface area (Å²) in [6, 6.07) is 11.6. The van der Waals surface area contributed by atoms with Gasteiger partial charge in [0.05, 0.1) is 6.54 Å². The van der Waals surface area contributed by atoms with Gasteiger partial charge >= 0.3 is 0 Å². The highest BCUT2D eigenvalue weighted by Gasteiger charge is 2.21. The lowest BCUT2D eigenvalue weighted by atomic mass is 10.0. The summed E-state index contributed by atoms with van der Waals surface area (Å²) >= 11 is 5.84. The number of anilines is 1. The van der Waals surface area contributed by atoms with Crippen LogP contribution in [0.1, 0.15) is 22.3 Å². The van der Waals surface area contributed by atoms with Gasteiger partial charge in [0.2, 0.25) is 5.91 Å². The van der Waals surface area contributed by atoms with Gasteiger partial charge in [0.25, 0.3) is 0 Å². The quantitative estimate of drug-likeness (QED) is 0.931. The lowest BCUT2D eigenvalue weighted by molar-refractivity contribution is -0.117. The first-order chi connectivity index (χ1) is 10.5. The summed E-state index contributed by atoms with van der Waals surface area (Å²) in [5.41, 5.74) is 6.07. The third-order valence-corrected chi connectivity index (χ3v) is 4.35. The molecule has 22 heavy (non-hydrogen) atoms. The number of fused-ring (bicyclic) bond motifs is 1. The van der Waals surface area contributed by atoms with E-state index in [1.54, 1.807) is 12.1 Å². The van der Waals surface area contributed by atoms with Crippen LogP contribution < -0.4 is 5.32 Å². The van der Waals surface area contributed by atoms with E-state index in [2.05, 4.69) is 36.2 Å². The van der Waals surface area contributed by atoms with E-state index in [4.69, 9.17) is 11.6 Å². The second-order valence-electron chi connectivity index (χ2n) is 5.91. The zero-order valence-electron chi connectivity index (χ0n) is 12.8. The first-order valence-electron chi connectivity index (χ1n) is 7.38. The number of nitrogens with zero attached hydrogens (tertiary/aromatic N) is 1. The largest absolute Gasteiger partial charge is 0.325 e. The van der Waals surface area contributed by atoms with Crippen LogP contribution in [0.15, 0.2) is 36.4 Å². The summed E-state index contributed by atoms with van der Waals surface area (Å²) in [4.78, 5) is 14.3. The molecular formula is C18H19ClN2O. The first kappa shape index (κ1) is 15.1. The maximum atomic E-state index is 12.2. The topological polar surface area (TPSA) is 32.3 Å². The molecule has 3 nitrogen and oxygen atoms in total. The normalized spacial score (nSPS) is 14.0. The number of halogens is 1. The molecule has 0 radical (unpaired) electrons. The van der Waals surface area contributed by atoms with Crippen LogP contribution in [0.2, 0.25) is 5.02 Å². The molecule has 1 aliphatic heterocycles. The highest BCUT2D eigenvalue weighted by molar-refractivity contribution is 6.30. The van der Waals surface area contributed by atoms with Crippen molar-refractivity contribution >= 4 is 23.2 Å². The van der Waals surface area contributed by atoms with Crippen molar-refractivity contribution in [3.8, 4) is 0 Å². The van der Waals surface area contributed by atoms with Gasteiger partial charge in [-0.15, -0.1) is 0 Å². The fraction of sp³-hybridized carbons (Fsp3) is 0.278. The minimum Gasteiger partial charge on any atom is -0.325 e. The number of rotatable bonds is 3. The Kier molecular flexibility index (Phi) is 4.19. The molecular weight excluding hydrogens is 296 g/mol. The predicted molar refractivity (Wildman–Crippen MR) is 90.1 cm³/mol. The molecule has 1 amide bonds. The molecule has 0 aliphatic carbocycles. The Morgan fingerprint density at radius 1 is 1.09 bits per heavy atom. The maximum absolute atomic E-state index is 12.2. The number of aryl methyl sites for hydroxylation is 2. The molecule has 0 saturated heterocycles. The van der Waals surface area contributed by atoms with Crippen molar-refractivity contribution in [2.24, 2.45) is 0 Å². The van der Waals surface area contributed by atoms with E-state index >= 15 is 0 Å². The van der Waals surface area contributed by atoms with Crippen LogP contribution >= 0.6 is 11.6 Å². The van der Waals surface area contributed by atoms with E-state index in [9.17, 15) is 4.79 Å². The molecule has 0 spiro atoms. The van der Waals surface area contributed by atoms with E-state index < -0.39 is 0 Å². The van der Waals surface area contributed by atoms with E-state index in [1.807, 2.05) is 12.1 Å². The molecule has 0 atom stereocenters. The molecule has 0 fully saturated rings. The zero-order chi connectivity index (χ0) is 15.7. The second kappa shape index (κ2) is 6.11. The van der Waals surface area contributed by atoms with Crippen molar-refractivity contribution in [2.45, 2.75) is 26.9 Å². The van der Waals surface area contributed by atoms with Gasteiger partial charge in [-0.3, -0.25) is 9.69 Å². The van der Waals surface area contributed by atoms with Crippen molar-refractivity contribution in [2.75, 3.05) is 11.9 Å². The lowest BCUT2D eigenvalue weighted by Gasteiger charge is -2.14. The molecule has 0 saturated carbocycles. The lowest BCUT2D eigenvalue weighted by Crippen LogP contribution is -2.29. The predicted octanol–water partition coefficient (Wildman–Crippen LogP) is 3.91. The molecule has 1 aliphatic rings. The van der Waals surface area contributed by atoms with Crippen LogP contribution in [0.3, 0.4) is 0 Å². The summed E-state index contributed by atoms with van der Waals surface area (Å²) in [5.74, 6) is 0.00331. The average Bonchev–Trinajstić information content (AvgIpc) is 2.83. The fourth-order valence-corrected chi connectivity index (χ4v) is 2.94. The molecule has 4 heteroatoms. The number of hydrogen-bond donors (Lipinski definition) is 1. The van der Waals surface area contributed by atoms with Crippen LogP contribution in [0.25, 0.3) is 0 Å². The van der Waals surface area contributed by atoms with Gasteiger partial charge in [-0.25, -0.2) is 0 Å². The number of benzene rings is 2. The summed E-state index contributed by atoms with van der Waals surface area (Å²) in [7, 11) is 0. The third-order valence-electron chi connectivity index (χ3n) is 4.10. The minimum atomic E-state index is 0.00331. The van der Waals surface area contributed by atoms with Crippen LogP contribution in [0.4, 0.5) is 5.69 Å². The molecule has 2 aromatic rings. The SMILES string of the molecule is Cc1cc2c(cc1C)CN(CC(=O)Nc1ccc(Cl)cc1)C2. The number of nitrogens with one attached hydrogen (secondary N) is 1. The molecule has 0 bridgehead atoms. The van der Waals surface area contributed by atoms with Crippen LogP contribution in [-0.2, 0) is 17.9 Å². The van der Waals surface area contributed by atoms with E-state index in [-0.39, 0.29) is 5.91 Å². The summed E-state index contributed by atoms with van der Waals surface area (Å²) < 4.78 is 0. The van der Waals surface area contributed by atoms with E-state index in [0.29, 0.717) is 11.6 Å². The van der Waals surface area contributed by atoms with Crippen molar-refractivity contribution in [1.82, 2.24) is 4.90 Å². The van der Waals surface area contributed by atoms with Crippen LogP contribution in [-0.4, -0.2) is 17.4 Å². The third kappa shape index (κ3) is 3.32. The van der Waals surface area contributed by atoms with Gasteiger partial charge in [0.15, 0.2) is 0 Å². The van der Waals surface area contributed by atoms with Crippen LogP contribution in [0.5, 0.6) is 0 Å². The maximum Gasteiger partial charge on any atom is 0.238 e. The molecule has 114 valence electrons. The highest BCUT2D eigenvalue weighted by atomic mass is 35.5. The number of carbonyl (C=O) groups is 1. The Morgan fingerprint density at radius 2 is 1.64 bits per heavy atom. The standard InChI is InChI=1S/C18H19ClN2O/c1-12-7-14-9-21(10-15(14)8-13(12)2)11-18(22)20-17-5-3-16(19)4-6-17/h3-8H,9-11H2,1-2H3,(H,20,22). The van der Waals surface area contributed by atoms with Gasteiger partial charge < -0.3 is 5.32 Å². The van der Waals surface area contributed by atoms with E-state index in [1.165, 1.54) is 22.3 Å². The molecule has 0 aromatic heterocycles. The van der Waals surface area contributed by atoms with Crippen molar-refractivity contribution in [3.63, 3.8) is 0 Å². The number of carbonyl (C=O) groups excluding carboxylic acids is 1. The molecule has 2 aromatic carbocycles. The van der Waals surface area contributed by atoms with Crippen molar-refractivity contribution in [3.05, 3.63) is 63.7 Å². The summed E-state index contributed by atoms with van der Waals surface area (Å²) in [5, 5.41) is 3.57. The van der Waals surface area contributed by atoms with Crippen molar-refractivity contribution in [1.29, 1.82) is 0 Å². The fourth-order valence-electron chi connectivity index (χ4n) is 2.82. The molecule has 0 unspecified atom stereocenters. The Bertz CT molecular complexity index is 679. The Hall–Kier alpha value is -1.84. The Morgan fingerprint density at radius 3 is 2.18 bits per heavy atom. The molecule has 3 rings (SSSR count). The van der Waals surface area contributed by atoms with Crippen LogP contribution in [0, 0.1) is 13.8 Å². The van der Waals surface area contributed by atoms with Gasteiger partial charge in [0.1, 0.15) is 0 Å². The number of hydrogen-bond acceptors (Lipinski definition) is 2. The van der Waals surface area contributed by atoms with Gasteiger partial charge in [-0.1, -0.05) is 23.7 Å². The van der Waals surface area contributed by atoms with Gasteiger partial charge in [-0.2, -0.15) is 0 Å². The van der Waals surface area contributed by atoms with Gasteiger partial charge in [-0.05, 0) is 60.4 Å². The Labute approximate surface area is 135 Å². The smallest absolute Gasteiger partial charge is 0.238 e. The van der Waals surface area contributed by atoms with E-state index in [0.717, 1.165) is 18.8 Å². The van der Waals surface area contributed by atoms with Gasteiger partial charge in [0, 0.05) is 23.8 Å². The monoisotopic (exact) mass is 314 g/mol. The first-order valence-corrected chi connectivity index (χ1v) is 7.76. The Balaban J connectivity index is 1.60. The molecule has 1 heterocycles. The highest BCUT2D eigenvalue weighted by Crippen LogP contribution is 2.25. The summed E-state index contributed by atoms with van der Waals surface area (Å²) in [6.45, 7) is 6.33. The molecule has 1 N–H and O–H groups in total. The second-order valence-corrected chi connectivity index (χ2v) is 6.34. The minimum absolute atomic E-state index is 0.00331.